The van der Waals surface area contributed by atoms with E-state index in [0.29, 0.717) is 19.1 Å². The monoisotopic (exact) mass is 325 g/mol. The molecule has 0 aromatic heterocycles. The summed E-state index contributed by atoms with van der Waals surface area (Å²) in [5.74, 6) is 0.526. The number of rotatable bonds is 6. The topological polar surface area (TPSA) is 61.9 Å². The minimum absolute atomic E-state index is 0.0331. The lowest BCUT2D eigenvalue weighted by molar-refractivity contribution is -0.138. The number of likely N-dealkylation sites (tertiary alicyclic amines) is 2. The molecule has 132 valence electrons. The van der Waals surface area contributed by atoms with Crippen molar-refractivity contribution in [2.45, 2.75) is 45.1 Å². The molecule has 2 fully saturated rings. The third kappa shape index (κ3) is 5.77. The Morgan fingerprint density at radius 1 is 1.13 bits per heavy atom. The van der Waals surface area contributed by atoms with Crippen molar-refractivity contribution in [1.29, 1.82) is 0 Å². The first-order chi connectivity index (χ1) is 11.1. The zero-order chi connectivity index (χ0) is 16.7. The fourth-order valence-electron chi connectivity index (χ4n) is 3.53. The highest BCUT2D eigenvalue weighted by molar-refractivity contribution is 5.79. The van der Waals surface area contributed by atoms with E-state index >= 15 is 0 Å². The number of carbonyl (C=O) groups excluding carboxylic acids is 2. The summed E-state index contributed by atoms with van der Waals surface area (Å²) in [6, 6.07) is 0.0331. The van der Waals surface area contributed by atoms with Gasteiger partial charge in [0.05, 0.1) is 13.2 Å². The number of ether oxygens (including phenoxy) is 1. The third-order valence-corrected chi connectivity index (χ3v) is 4.80. The molecule has 2 heterocycles. The summed E-state index contributed by atoms with van der Waals surface area (Å²) in [4.78, 5) is 28.7. The lowest BCUT2D eigenvalue weighted by Crippen LogP contribution is -2.47. The minimum atomic E-state index is 0.0331. The molecule has 0 spiro atoms. The van der Waals surface area contributed by atoms with E-state index in [9.17, 15) is 9.59 Å². The van der Waals surface area contributed by atoms with Crippen LogP contribution in [0, 0.1) is 5.92 Å². The van der Waals surface area contributed by atoms with Crippen LogP contribution >= 0.6 is 0 Å². The van der Waals surface area contributed by atoms with Crippen LogP contribution in [0.2, 0.25) is 0 Å². The largest absolute Gasteiger partial charge is 0.383 e. The molecule has 2 amide bonds. The quantitative estimate of drug-likeness (QED) is 0.787. The van der Waals surface area contributed by atoms with Crippen molar-refractivity contribution in [3.63, 3.8) is 0 Å². The Balaban J connectivity index is 1.69. The molecule has 0 saturated carbocycles. The smallest absolute Gasteiger partial charge is 0.234 e. The van der Waals surface area contributed by atoms with Crippen LogP contribution in [0.1, 0.15) is 39.0 Å². The van der Waals surface area contributed by atoms with E-state index in [2.05, 4.69) is 10.2 Å². The van der Waals surface area contributed by atoms with Gasteiger partial charge in [-0.15, -0.1) is 0 Å². The Bertz CT molecular complexity index is 389. The van der Waals surface area contributed by atoms with Crippen LogP contribution in [0.5, 0.6) is 0 Å². The standard InChI is InChI=1S/C17H31N3O3/c1-14(13-23-2)18-16(21)12-19-10-6-15(7-11-19)17(22)20-8-4-3-5-9-20/h14-15H,3-13H2,1-2H3,(H,18,21). The van der Waals surface area contributed by atoms with E-state index in [1.807, 2.05) is 11.8 Å². The van der Waals surface area contributed by atoms with Gasteiger partial charge in [-0.1, -0.05) is 0 Å². The fourth-order valence-corrected chi connectivity index (χ4v) is 3.53. The molecule has 2 aliphatic heterocycles. The van der Waals surface area contributed by atoms with Crippen LogP contribution in [-0.4, -0.2) is 74.1 Å². The van der Waals surface area contributed by atoms with E-state index < -0.39 is 0 Å². The molecule has 1 N–H and O–H groups in total. The minimum Gasteiger partial charge on any atom is -0.383 e. The molecule has 2 rings (SSSR count). The van der Waals surface area contributed by atoms with Crippen LogP contribution in [0.25, 0.3) is 0 Å². The number of amides is 2. The number of methoxy groups -OCH3 is 1. The molecule has 0 radical (unpaired) electrons. The van der Waals surface area contributed by atoms with Gasteiger partial charge in [0.25, 0.3) is 0 Å². The summed E-state index contributed by atoms with van der Waals surface area (Å²) >= 11 is 0. The van der Waals surface area contributed by atoms with Crippen molar-refractivity contribution in [1.82, 2.24) is 15.1 Å². The van der Waals surface area contributed by atoms with Crippen molar-refractivity contribution >= 4 is 11.8 Å². The first-order valence-corrected chi connectivity index (χ1v) is 8.89. The second kappa shape index (κ2) is 9.23. The Hall–Kier alpha value is -1.14. The Labute approximate surface area is 139 Å². The van der Waals surface area contributed by atoms with Gasteiger partial charge in [-0.2, -0.15) is 0 Å². The number of nitrogens with zero attached hydrogens (tertiary/aromatic N) is 2. The Morgan fingerprint density at radius 3 is 2.39 bits per heavy atom. The first-order valence-electron chi connectivity index (χ1n) is 8.89. The molecule has 2 aliphatic rings. The van der Waals surface area contributed by atoms with Crippen LogP contribution in [-0.2, 0) is 14.3 Å². The molecular formula is C17H31N3O3. The zero-order valence-corrected chi connectivity index (χ0v) is 14.6. The van der Waals surface area contributed by atoms with Gasteiger partial charge in [-0.3, -0.25) is 14.5 Å². The number of nitrogens with one attached hydrogen (secondary N) is 1. The van der Waals surface area contributed by atoms with Gasteiger partial charge in [0, 0.05) is 32.2 Å². The van der Waals surface area contributed by atoms with Crippen LogP contribution < -0.4 is 5.32 Å². The molecule has 1 atom stereocenters. The highest BCUT2D eigenvalue weighted by Gasteiger charge is 2.29. The summed E-state index contributed by atoms with van der Waals surface area (Å²) in [5, 5.41) is 2.93. The molecule has 2 saturated heterocycles. The van der Waals surface area contributed by atoms with Gasteiger partial charge in [0.2, 0.25) is 11.8 Å². The Kier molecular flexibility index (Phi) is 7.30. The van der Waals surface area contributed by atoms with Gasteiger partial charge in [0.1, 0.15) is 0 Å². The van der Waals surface area contributed by atoms with Gasteiger partial charge < -0.3 is 15.0 Å². The van der Waals surface area contributed by atoms with E-state index in [-0.39, 0.29) is 17.9 Å². The van der Waals surface area contributed by atoms with Crippen molar-refractivity contribution in [2.24, 2.45) is 5.92 Å². The van der Waals surface area contributed by atoms with Gasteiger partial charge in [0.15, 0.2) is 0 Å². The summed E-state index contributed by atoms with van der Waals surface area (Å²) in [6.45, 7) is 6.39. The highest BCUT2D eigenvalue weighted by atomic mass is 16.5. The molecule has 0 aliphatic carbocycles. The van der Waals surface area contributed by atoms with Gasteiger partial charge >= 0.3 is 0 Å². The molecule has 23 heavy (non-hydrogen) atoms. The number of piperidine rings is 2. The number of hydrogen-bond acceptors (Lipinski definition) is 4. The van der Waals surface area contributed by atoms with E-state index in [1.54, 1.807) is 7.11 Å². The number of hydrogen-bond donors (Lipinski definition) is 1. The Morgan fingerprint density at radius 2 is 1.78 bits per heavy atom. The average molecular weight is 325 g/mol. The summed E-state index contributed by atoms with van der Waals surface area (Å²) in [7, 11) is 1.63. The molecule has 0 aromatic carbocycles. The van der Waals surface area contributed by atoms with Crippen molar-refractivity contribution in [3.05, 3.63) is 0 Å². The second-order valence-corrected chi connectivity index (χ2v) is 6.86. The maximum absolute atomic E-state index is 12.5. The van der Waals surface area contributed by atoms with E-state index in [1.165, 1.54) is 6.42 Å². The zero-order valence-electron chi connectivity index (χ0n) is 14.6. The first kappa shape index (κ1) is 18.2. The SMILES string of the molecule is COCC(C)NC(=O)CN1CCC(C(=O)N2CCCCC2)CC1. The molecule has 0 aromatic rings. The van der Waals surface area contributed by atoms with Crippen molar-refractivity contribution < 1.29 is 14.3 Å². The molecule has 0 bridgehead atoms. The molecular weight excluding hydrogens is 294 g/mol. The predicted octanol–water partition coefficient (Wildman–Crippen LogP) is 0.862. The molecule has 1 unspecified atom stereocenters. The van der Waals surface area contributed by atoms with Gasteiger partial charge in [-0.05, 0) is 52.1 Å². The predicted molar refractivity (Wildman–Crippen MR) is 89.1 cm³/mol. The maximum Gasteiger partial charge on any atom is 0.234 e. The number of carbonyl (C=O) groups is 2. The molecule has 6 heteroatoms. The average Bonchev–Trinajstić information content (AvgIpc) is 2.56. The van der Waals surface area contributed by atoms with Gasteiger partial charge in [-0.25, -0.2) is 0 Å². The normalized spacial score (nSPS) is 21.9. The van der Waals surface area contributed by atoms with Crippen molar-refractivity contribution in [2.75, 3.05) is 46.4 Å². The van der Waals surface area contributed by atoms with E-state index in [4.69, 9.17) is 4.74 Å². The lowest BCUT2D eigenvalue weighted by Gasteiger charge is -2.35. The third-order valence-electron chi connectivity index (χ3n) is 4.80. The summed E-state index contributed by atoms with van der Waals surface area (Å²) in [6.07, 6.45) is 5.28. The van der Waals surface area contributed by atoms with Crippen LogP contribution in [0.3, 0.4) is 0 Å². The fraction of sp³-hybridized carbons (Fsp3) is 0.882. The maximum atomic E-state index is 12.5. The molecule has 6 nitrogen and oxygen atoms in total. The van der Waals surface area contributed by atoms with Crippen molar-refractivity contribution in [3.8, 4) is 0 Å². The van der Waals surface area contributed by atoms with E-state index in [0.717, 1.165) is 51.9 Å². The second-order valence-electron chi connectivity index (χ2n) is 6.86. The van der Waals surface area contributed by atoms with Crippen LogP contribution in [0.4, 0.5) is 0 Å². The lowest BCUT2D eigenvalue weighted by atomic mass is 9.94. The summed E-state index contributed by atoms with van der Waals surface area (Å²) < 4.78 is 5.02. The highest BCUT2D eigenvalue weighted by Crippen LogP contribution is 2.21. The summed E-state index contributed by atoms with van der Waals surface area (Å²) in [5.41, 5.74) is 0. The van der Waals surface area contributed by atoms with Crippen LogP contribution in [0.15, 0.2) is 0 Å².